The van der Waals surface area contributed by atoms with Gasteiger partial charge in [-0.2, -0.15) is 5.10 Å². The minimum atomic E-state index is -0.185. The van der Waals surface area contributed by atoms with Crippen molar-refractivity contribution < 1.29 is 14.3 Å². The number of nitrogens with zero attached hydrogens (tertiary/aromatic N) is 2. The largest absolute Gasteiger partial charge is 0.492 e. The third-order valence-corrected chi connectivity index (χ3v) is 3.19. The Bertz CT molecular complexity index is 610. The van der Waals surface area contributed by atoms with Crippen LogP contribution in [0.1, 0.15) is 16.8 Å². The number of amides is 1. The summed E-state index contributed by atoms with van der Waals surface area (Å²) in [5.41, 5.74) is 0.481. The third-order valence-electron chi connectivity index (χ3n) is 3.19. The highest BCUT2D eigenvalue weighted by Crippen LogP contribution is 2.21. The smallest absolute Gasteiger partial charge is 0.258 e. The number of fused-ring (bicyclic) bond motifs is 1. The molecule has 0 fully saturated rings. The Morgan fingerprint density at radius 2 is 2.24 bits per heavy atom. The average molecular weight is 287 g/mol. The normalized spacial score (nSPS) is 13.1. The van der Waals surface area contributed by atoms with E-state index >= 15 is 0 Å². The number of aryl methyl sites for hydroxylation is 1. The van der Waals surface area contributed by atoms with Gasteiger partial charge in [0.2, 0.25) is 5.88 Å². The molecule has 0 bridgehead atoms. The fourth-order valence-electron chi connectivity index (χ4n) is 2.17. The van der Waals surface area contributed by atoms with Gasteiger partial charge < -0.3 is 14.8 Å². The molecule has 6 nitrogen and oxygen atoms in total. The molecule has 6 heteroatoms. The van der Waals surface area contributed by atoms with Crippen molar-refractivity contribution in [3.8, 4) is 11.6 Å². The zero-order valence-corrected chi connectivity index (χ0v) is 11.6. The molecule has 0 atom stereocenters. The predicted molar refractivity (Wildman–Crippen MR) is 76.6 cm³/mol. The molecule has 110 valence electrons. The summed E-state index contributed by atoms with van der Waals surface area (Å²) in [6.07, 6.45) is 2.47. The van der Waals surface area contributed by atoms with E-state index in [4.69, 9.17) is 9.47 Å². The van der Waals surface area contributed by atoms with E-state index in [1.807, 2.05) is 30.3 Å². The molecule has 0 saturated carbocycles. The van der Waals surface area contributed by atoms with Gasteiger partial charge in [0.25, 0.3) is 5.91 Å². The van der Waals surface area contributed by atoms with Crippen LogP contribution in [0.15, 0.2) is 36.5 Å². The molecule has 0 saturated heterocycles. The number of hydrogen-bond donors (Lipinski definition) is 1. The molecular weight excluding hydrogens is 270 g/mol. The third kappa shape index (κ3) is 3.16. The molecule has 3 rings (SSSR count). The molecule has 1 aromatic heterocycles. The van der Waals surface area contributed by atoms with Crippen LogP contribution in [0.3, 0.4) is 0 Å². The van der Waals surface area contributed by atoms with Crippen molar-refractivity contribution in [3.63, 3.8) is 0 Å². The van der Waals surface area contributed by atoms with E-state index in [-0.39, 0.29) is 5.91 Å². The second kappa shape index (κ2) is 6.30. The molecule has 1 aromatic carbocycles. The lowest BCUT2D eigenvalue weighted by Gasteiger charge is -2.15. The predicted octanol–water partition coefficient (Wildman–Crippen LogP) is 1.47. The summed E-state index contributed by atoms with van der Waals surface area (Å²) < 4.78 is 12.7. The summed E-state index contributed by atoms with van der Waals surface area (Å²) in [5, 5.41) is 6.96. The highest BCUT2D eigenvalue weighted by atomic mass is 16.5. The lowest BCUT2D eigenvalue weighted by Crippen LogP contribution is -2.28. The molecule has 1 aliphatic heterocycles. The zero-order chi connectivity index (χ0) is 14.5. The highest BCUT2D eigenvalue weighted by Gasteiger charge is 2.21. The van der Waals surface area contributed by atoms with Crippen LogP contribution < -0.4 is 14.8 Å². The second-order valence-corrected chi connectivity index (χ2v) is 4.71. The number of aromatic nitrogens is 2. The molecule has 1 aliphatic rings. The Kier molecular flexibility index (Phi) is 4.04. The molecule has 2 aromatic rings. The van der Waals surface area contributed by atoms with Crippen molar-refractivity contribution >= 4 is 5.91 Å². The molecule has 0 unspecified atom stereocenters. The van der Waals surface area contributed by atoms with E-state index in [9.17, 15) is 4.79 Å². The monoisotopic (exact) mass is 287 g/mol. The number of benzene rings is 1. The number of ether oxygens (including phenoxy) is 2. The maximum Gasteiger partial charge on any atom is 0.258 e. The Balaban J connectivity index is 1.49. The van der Waals surface area contributed by atoms with Gasteiger partial charge in [0.15, 0.2) is 0 Å². The SMILES string of the molecule is O=C(NCCOc1ccccc1)c1cnn2c1OCCC2. The Morgan fingerprint density at radius 3 is 3.10 bits per heavy atom. The van der Waals surface area contributed by atoms with Crippen molar-refractivity contribution in [3.05, 3.63) is 42.1 Å². The Labute approximate surface area is 122 Å². The van der Waals surface area contributed by atoms with Gasteiger partial charge in [-0.15, -0.1) is 0 Å². The van der Waals surface area contributed by atoms with E-state index in [0.717, 1.165) is 18.7 Å². The summed E-state index contributed by atoms with van der Waals surface area (Å²) in [4.78, 5) is 12.1. The fraction of sp³-hybridized carbons (Fsp3) is 0.333. The van der Waals surface area contributed by atoms with Crippen LogP contribution >= 0.6 is 0 Å². The van der Waals surface area contributed by atoms with E-state index in [1.165, 1.54) is 0 Å². The van der Waals surface area contributed by atoms with E-state index in [2.05, 4.69) is 10.4 Å². The lowest BCUT2D eigenvalue weighted by molar-refractivity contribution is 0.0940. The number of hydrogen-bond acceptors (Lipinski definition) is 4. The molecule has 2 heterocycles. The molecular formula is C15H17N3O3. The summed E-state index contributed by atoms with van der Waals surface area (Å²) in [7, 11) is 0. The number of carbonyl (C=O) groups is 1. The van der Waals surface area contributed by atoms with Crippen LogP contribution in [-0.2, 0) is 6.54 Å². The van der Waals surface area contributed by atoms with Crippen LogP contribution in [0, 0.1) is 0 Å². The standard InChI is InChI=1S/C15H17N3O3/c19-14(13-11-17-18-8-4-9-21-15(13)18)16-7-10-20-12-5-2-1-3-6-12/h1-3,5-6,11H,4,7-10H2,(H,16,19). The lowest BCUT2D eigenvalue weighted by atomic mass is 10.3. The first-order chi connectivity index (χ1) is 10.3. The van der Waals surface area contributed by atoms with Crippen LogP contribution in [0.5, 0.6) is 11.6 Å². The fourth-order valence-corrected chi connectivity index (χ4v) is 2.17. The van der Waals surface area contributed by atoms with Crippen molar-refractivity contribution in [2.45, 2.75) is 13.0 Å². The van der Waals surface area contributed by atoms with Crippen LogP contribution in [0.4, 0.5) is 0 Å². The van der Waals surface area contributed by atoms with E-state index in [1.54, 1.807) is 10.9 Å². The molecule has 1 amide bonds. The quantitative estimate of drug-likeness (QED) is 0.846. The second-order valence-electron chi connectivity index (χ2n) is 4.71. The zero-order valence-electron chi connectivity index (χ0n) is 11.6. The van der Waals surface area contributed by atoms with Gasteiger partial charge in [-0.3, -0.25) is 4.79 Å². The van der Waals surface area contributed by atoms with Gasteiger partial charge in [0, 0.05) is 13.0 Å². The van der Waals surface area contributed by atoms with Gasteiger partial charge in [0.1, 0.15) is 17.9 Å². The highest BCUT2D eigenvalue weighted by molar-refractivity contribution is 5.96. The van der Waals surface area contributed by atoms with Gasteiger partial charge in [-0.25, -0.2) is 4.68 Å². The maximum absolute atomic E-state index is 12.1. The summed E-state index contributed by atoms with van der Waals surface area (Å²) in [6, 6.07) is 9.50. The van der Waals surface area contributed by atoms with Crippen LogP contribution in [-0.4, -0.2) is 35.4 Å². The van der Waals surface area contributed by atoms with Gasteiger partial charge in [0.05, 0.1) is 19.3 Å². The summed E-state index contributed by atoms with van der Waals surface area (Å²) in [6.45, 7) is 2.27. The Hall–Kier alpha value is -2.50. The Morgan fingerprint density at radius 1 is 1.38 bits per heavy atom. The first-order valence-electron chi connectivity index (χ1n) is 6.99. The topological polar surface area (TPSA) is 65.4 Å². The van der Waals surface area contributed by atoms with Crippen molar-refractivity contribution in [1.29, 1.82) is 0 Å². The molecule has 0 spiro atoms. The molecule has 0 radical (unpaired) electrons. The number of rotatable bonds is 5. The van der Waals surface area contributed by atoms with Gasteiger partial charge in [-0.05, 0) is 12.1 Å². The van der Waals surface area contributed by atoms with Crippen molar-refractivity contribution in [1.82, 2.24) is 15.1 Å². The molecule has 0 aliphatic carbocycles. The maximum atomic E-state index is 12.1. The van der Waals surface area contributed by atoms with Crippen molar-refractivity contribution in [2.24, 2.45) is 0 Å². The minimum Gasteiger partial charge on any atom is -0.492 e. The summed E-state index contributed by atoms with van der Waals surface area (Å²) >= 11 is 0. The van der Waals surface area contributed by atoms with Crippen molar-refractivity contribution in [2.75, 3.05) is 19.8 Å². The molecule has 21 heavy (non-hydrogen) atoms. The first-order valence-corrected chi connectivity index (χ1v) is 6.99. The number of nitrogens with one attached hydrogen (secondary N) is 1. The van der Waals surface area contributed by atoms with E-state index < -0.39 is 0 Å². The van der Waals surface area contributed by atoms with Crippen LogP contribution in [0.25, 0.3) is 0 Å². The first kappa shape index (κ1) is 13.5. The summed E-state index contributed by atoms with van der Waals surface area (Å²) in [5.74, 6) is 1.16. The minimum absolute atomic E-state index is 0.185. The number of para-hydroxylation sites is 1. The van der Waals surface area contributed by atoms with Gasteiger partial charge in [-0.1, -0.05) is 18.2 Å². The average Bonchev–Trinajstić information content (AvgIpc) is 2.96. The van der Waals surface area contributed by atoms with Gasteiger partial charge >= 0.3 is 0 Å². The molecule has 1 N–H and O–H groups in total. The number of carbonyl (C=O) groups excluding carboxylic acids is 1. The van der Waals surface area contributed by atoms with E-state index in [0.29, 0.717) is 31.2 Å². The van der Waals surface area contributed by atoms with Crippen LogP contribution in [0.2, 0.25) is 0 Å².